The number of carbonyl (C=O) groups excluding carboxylic acids is 1. The van der Waals surface area contributed by atoms with Crippen molar-refractivity contribution in [2.75, 3.05) is 59.0 Å². The van der Waals surface area contributed by atoms with Crippen LogP contribution in [0, 0.1) is 0 Å². The maximum Gasteiger partial charge on any atom is 0.267 e. The smallest absolute Gasteiger partial charge is 0.267 e. The second-order valence-corrected chi connectivity index (χ2v) is 5.61. The highest BCUT2D eigenvalue weighted by molar-refractivity contribution is 7.18. The molecule has 7 heteroatoms. The van der Waals surface area contributed by atoms with Crippen LogP contribution in [0.1, 0.15) is 9.67 Å². The van der Waals surface area contributed by atoms with Gasteiger partial charge in [-0.1, -0.05) is 11.3 Å². The van der Waals surface area contributed by atoms with Gasteiger partial charge >= 0.3 is 0 Å². The first-order chi connectivity index (χ1) is 8.32. The Morgan fingerprint density at radius 3 is 2.28 bits per heavy atom. The van der Waals surface area contributed by atoms with E-state index in [0.717, 1.165) is 11.7 Å². The fourth-order valence-corrected chi connectivity index (χ4v) is 2.19. The third kappa shape index (κ3) is 3.58. The predicted octanol–water partition coefficient (Wildman–Crippen LogP) is 0.425. The Morgan fingerprint density at radius 2 is 1.83 bits per heavy atom. The van der Waals surface area contributed by atoms with Crippen molar-refractivity contribution in [2.45, 2.75) is 0 Å². The number of amides is 1. The number of nitrogens with zero attached hydrogens (tertiary/aromatic N) is 4. The van der Waals surface area contributed by atoms with Crippen molar-refractivity contribution >= 4 is 28.2 Å². The average molecular weight is 271 g/mol. The van der Waals surface area contributed by atoms with Crippen LogP contribution in [0.15, 0.2) is 0 Å². The van der Waals surface area contributed by atoms with E-state index < -0.39 is 0 Å². The minimum Gasteiger partial charge on any atom is -0.382 e. The first-order valence-electron chi connectivity index (χ1n) is 5.66. The summed E-state index contributed by atoms with van der Waals surface area (Å²) < 4.78 is 0. The van der Waals surface area contributed by atoms with Gasteiger partial charge in [0.05, 0.1) is 0 Å². The number of anilines is 2. The Balaban J connectivity index is 2.77. The lowest BCUT2D eigenvalue weighted by molar-refractivity contribution is 0.0792. The molecule has 0 aliphatic rings. The first kappa shape index (κ1) is 14.7. The summed E-state index contributed by atoms with van der Waals surface area (Å²) in [6.07, 6.45) is 0. The van der Waals surface area contributed by atoms with Gasteiger partial charge in [-0.25, -0.2) is 4.98 Å². The third-order valence-electron chi connectivity index (χ3n) is 2.45. The first-order valence-corrected chi connectivity index (χ1v) is 6.48. The van der Waals surface area contributed by atoms with Gasteiger partial charge in [0.2, 0.25) is 0 Å². The Bertz CT molecular complexity index is 416. The van der Waals surface area contributed by atoms with Gasteiger partial charge in [-0.05, 0) is 14.1 Å². The van der Waals surface area contributed by atoms with Crippen LogP contribution in [-0.4, -0.2) is 69.0 Å². The molecule has 0 fully saturated rings. The molecule has 0 unspecified atom stereocenters. The topological polar surface area (TPSA) is 65.7 Å². The van der Waals surface area contributed by atoms with Crippen molar-refractivity contribution in [3.05, 3.63) is 4.88 Å². The van der Waals surface area contributed by atoms with Crippen LogP contribution in [0.4, 0.5) is 10.9 Å². The molecule has 2 N–H and O–H groups in total. The summed E-state index contributed by atoms with van der Waals surface area (Å²) in [7, 11) is 9.48. The SMILES string of the molecule is CN(C)CCN(C)C(=O)c1sc(N(C)C)nc1N. The van der Waals surface area contributed by atoms with E-state index in [9.17, 15) is 4.79 Å². The van der Waals surface area contributed by atoms with E-state index in [0.29, 0.717) is 17.2 Å². The lowest BCUT2D eigenvalue weighted by atomic mass is 10.4. The molecule has 1 aromatic rings. The van der Waals surface area contributed by atoms with Crippen LogP contribution in [-0.2, 0) is 0 Å². The van der Waals surface area contributed by atoms with Crippen LogP contribution in [0.3, 0.4) is 0 Å². The van der Waals surface area contributed by atoms with Crippen LogP contribution in [0.2, 0.25) is 0 Å². The summed E-state index contributed by atoms with van der Waals surface area (Å²) in [6, 6.07) is 0. The van der Waals surface area contributed by atoms with E-state index in [-0.39, 0.29) is 5.91 Å². The zero-order chi connectivity index (χ0) is 13.9. The Kier molecular flexibility index (Phi) is 4.92. The van der Waals surface area contributed by atoms with Crippen molar-refractivity contribution in [2.24, 2.45) is 0 Å². The Hall–Kier alpha value is -1.34. The lowest BCUT2D eigenvalue weighted by Crippen LogP contribution is -2.33. The van der Waals surface area contributed by atoms with Gasteiger partial charge in [-0.15, -0.1) is 0 Å². The average Bonchev–Trinajstić information content (AvgIpc) is 2.67. The van der Waals surface area contributed by atoms with Crippen molar-refractivity contribution in [1.82, 2.24) is 14.8 Å². The molecular weight excluding hydrogens is 250 g/mol. The second kappa shape index (κ2) is 6.01. The molecule has 102 valence electrons. The third-order valence-corrected chi connectivity index (χ3v) is 3.68. The van der Waals surface area contributed by atoms with Gasteiger partial charge < -0.3 is 20.4 Å². The quantitative estimate of drug-likeness (QED) is 0.841. The standard InChI is InChI=1S/C11H21N5OS/c1-14(2)6-7-16(5)10(17)8-9(12)13-11(18-8)15(3)4/h6-7,12H2,1-5H3. The number of likely N-dealkylation sites (N-methyl/N-ethyl adjacent to an activating group) is 2. The highest BCUT2D eigenvalue weighted by atomic mass is 32.1. The van der Waals surface area contributed by atoms with Crippen molar-refractivity contribution in [3.63, 3.8) is 0 Å². The summed E-state index contributed by atoms with van der Waals surface area (Å²) in [4.78, 5) is 22.4. The highest BCUT2D eigenvalue weighted by Gasteiger charge is 2.20. The van der Waals surface area contributed by atoms with Crippen LogP contribution in [0.5, 0.6) is 0 Å². The van der Waals surface area contributed by atoms with E-state index in [1.54, 1.807) is 11.9 Å². The molecule has 0 atom stereocenters. The van der Waals surface area contributed by atoms with E-state index in [4.69, 9.17) is 5.73 Å². The number of hydrogen-bond donors (Lipinski definition) is 1. The fraction of sp³-hybridized carbons (Fsp3) is 0.636. The van der Waals surface area contributed by atoms with Crippen molar-refractivity contribution < 1.29 is 4.79 Å². The van der Waals surface area contributed by atoms with Gasteiger partial charge in [-0.3, -0.25) is 4.79 Å². The summed E-state index contributed by atoms with van der Waals surface area (Å²) in [5.41, 5.74) is 5.79. The van der Waals surface area contributed by atoms with E-state index >= 15 is 0 Å². The number of nitrogens with two attached hydrogens (primary N) is 1. The summed E-state index contributed by atoms with van der Waals surface area (Å²) in [6.45, 7) is 1.49. The Morgan fingerprint density at radius 1 is 1.22 bits per heavy atom. The maximum atomic E-state index is 12.2. The summed E-state index contributed by atoms with van der Waals surface area (Å²) in [5.74, 6) is 0.241. The minimum absolute atomic E-state index is 0.0695. The number of hydrogen-bond acceptors (Lipinski definition) is 6. The molecular formula is C11H21N5OS. The van der Waals surface area contributed by atoms with Gasteiger partial charge in [0.25, 0.3) is 5.91 Å². The molecule has 0 spiro atoms. The molecule has 0 aromatic carbocycles. The number of rotatable bonds is 5. The molecule has 0 saturated heterocycles. The van der Waals surface area contributed by atoms with Crippen LogP contribution >= 0.6 is 11.3 Å². The number of thiazole rings is 1. The zero-order valence-electron chi connectivity index (χ0n) is 11.6. The predicted molar refractivity (Wildman–Crippen MR) is 76.4 cm³/mol. The van der Waals surface area contributed by atoms with Crippen molar-refractivity contribution in [1.29, 1.82) is 0 Å². The summed E-state index contributed by atoms with van der Waals surface area (Å²) >= 11 is 1.32. The van der Waals surface area contributed by atoms with E-state index in [1.807, 2.05) is 38.0 Å². The van der Waals surface area contributed by atoms with E-state index in [2.05, 4.69) is 4.98 Å². The number of carbonyl (C=O) groups is 1. The van der Waals surface area contributed by atoms with Crippen LogP contribution < -0.4 is 10.6 Å². The zero-order valence-corrected chi connectivity index (χ0v) is 12.4. The van der Waals surface area contributed by atoms with Crippen LogP contribution in [0.25, 0.3) is 0 Å². The van der Waals surface area contributed by atoms with Gasteiger partial charge in [-0.2, -0.15) is 0 Å². The molecule has 0 saturated carbocycles. The van der Waals surface area contributed by atoms with Gasteiger partial charge in [0.1, 0.15) is 10.7 Å². The number of aromatic nitrogens is 1. The molecule has 6 nitrogen and oxygen atoms in total. The van der Waals surface area contributed by atoms with Gasteiger partial charge in [0.15, 0.2) is 5.13 Å². The molecule has 1 aromatic heterocycles. The molecule has 1 heterocycles. The molecule has 1 rings (SSSR count). The highest BCUT2D eigenvalue weighted by Crippen LogP contribution is 2.27. The second-order valence-electron chi connectivity index (χ2n) is 4.64. The molecule has 1 amide bonds. The normalized spacial score (nSPS) is 10.8. The fourth-order valence-electron chi connectivity index (χ4n) is 1.29. The Labute approximate surface area is 112 Å². The summed E-state index contributed by atoms with van der Waals surface area (Å²) in [5, 5.41) is 0.747. The largest absolute Gasteiger partial charge is 0.382 e. The monoisotopic (exact) mass is 271 g/mol. The molecule has 0 aliphatic carbocycles. The number of nitrogen functional groups attached to an aromatic ring is 1. The molecule has 0 radical (unpaired) electrons. The maximum absolute atomic E-state index is 12.2. The van der Waals surface area contributed by atoms with Crippen molar-refractivity contribution in [3.8, 4) is 0 Å². The molecule has 0 bridgehead atoms. The molecule has 18 heavy (non-hydrogen) atoms. The lowest BCUT2D eigenvalue weighted by Gasteiger charge is -2.18. The van der Waals surface area contributed by atoms with Gasteiger partial charge in [0, 0.05) is 34.2 Å². The molecule has 0 aliphatic heterocycles. The minimum atomic E-state index is -0.0695. The van der Waals surface area contributed by atoms with E-state index in [1.165, 1.54) is 11.3 Å².